The lowest BCUT2D eigenvalue weighted by Gasteiger charge is -2.34. The molecule has 35 heavy (non-hydrogen) atoms. The smallest absolute Gasteiger partial charge is 0.289 e. The summed E-state index contributed by atoms with van der Waals surface area (Å²) >= 11 is 0. The number of rotatable bonds is 9. The van der Waals surface area contributed by atoms with Crippen LogP contribution >= 0.6 is 0 Å². The van der Waals surface area contributed by atoms with E-state index in [0.29, 0.717) is 25.4 Å². The highest BCUT2D eigenvalue weighted by molar-refractivity contribution is 7.89. The average molecular weight is 498 g/mol. The Hall–Kier alpha value is -3.31. The van der Waals surface area contributed by atoms with Gasteiger partial charge in [-0.3, -0.25) is 15.0 Å². The van der Waals surface area contributed by atoms with Crippen LogP contribution in [0.3, 0.4) is 0 Å². The molecular formula is C25H27N3O6S. The fourth-order valence-corrected chi connectivity index (χ4v) is 5.61. The number of nitrogens with zero attached hydrogens (tertiary/aromatic N) is 3. The number of hydrogen-bond donors (Lipinski definition) is 1. The molecule has 1 N–H and O–H groups in total. The van der Waals surface area contributed by atoms with E-state index in [1.807, 2.05) is 59.5 Å². The van der Waals surface area contributed by atoms with Gasteiger partial charge in [-0.25, -0.2) is 8.42 Å². The third-order valence-electron chi connectivity index (χ3n) is 5.88. The van der Waals surface area contributed by atoms with Crippen molar-refractivity contribution in [1.29, 1.82) is 0 Å². The van der Waals surface area contributed by atoms with Crippen LogP contribution in [0.2, 0.25) is 0 Å². The molecular weight excluding hydrogens is 470 g/mol. The molecule has 0 aliphatic carbocycles. The minimum absolute atomic E-state index is 0.111. The van der Waals surface area contributed by atoms with Crippen molar-refractivity contribution < 1.29 is 23.2 Å². The van der Waals surface area contributed by atoms with Gasteiger partial charge in [-0.05, 0) is 29.3 Å². The van der Waals surface area contributed by atoms with Gasteiger partial charge in [0.1, 0.15) is 18.5 Å². The molecule has 0 spiro atoms. The van der Waals surface area contributed by atoms with E-state index in [1.165, 1.54) is 28.6 Å². The van der Waals surface area contributed by atoms with Gasteiger partial charge in [-0.2, -0.15) is 4.31 Å². The highest BCUT2D eigenvalue weighted by atomic mass is 32.2. The van der Waals surface area contributed by atoms with Crippen LogP contribution in [0, 0.1) is 10.1 Å². The van der Waals surface area contributed by atoms with Crippen LogP contribution in [0.15, 0.2) is 83.8 Å². The van der Waals surface area contributed by atoms with E-state index in [0.717, 1.165) is 11.1 Å². The first-order valence-electron chi connectivity index (χ1n) is 11.3. The molecule has 10 heteroatoms. The van der Waals surface area contributed by atoms with Crippen LogP contribution in [0.1, 0.15) is 0 Å². The van der Waals surface area contributed by atoms with Gasteiger partial charge in [0, 0.05) is 38.8 Å². The summed E-state index contributed by atoms with van der Waals surface area (Å²) in [7, 11) is -3.98. The van der Waals surface area contributed by atoms with Crippen LogP contribution in [0.5, 0.6) is 5.75 Å². The molecule has 0 radical (unpaired) electrons. The number of sulfonamides is 1. The molecule has 0 unspecified atom stereocenters. The monoisotopic (exact) mass is 497 g/mol. The first kappa shape index (κ1) is 24.8. The molecule has 1 fully saturated rings. The Morgan fingerprint density at radius 1 is 0.886 bits per heavy atom. The van der Waals surface area contributed by atoms with Crippen molar-refractivity contribution in [1.82, 2.24) is 9.21 Å². The number of β-amino-alcohol motifs (C(OH)–C–C–N with tert-alkyl or cyclic N) is 1. The summed E-state index contributed by atoms with van der Waals surface area (Å²) < 4.78 is 32.9. The van der Waals surface area contributed by atoms with Gasteiger partial charge in [0.15, 0.2) is 4.90 Å². The Labute approximate surface area is 204 Å². The molecule has 1 heterocycles. The number of hydrogen-bond acceptors (Lipinski definition) is 7. The molecule has 0 amide bonds. The summed E-state index contributed by atoms with van der Waals surface area (Å²) in [4.78, 5) is 12.2. The maximum absolute atomic E-state index is 12.9. The van der Waals surface area contributed by atoms with E-state index in [9.17, 15) is 23.6 Å². The van der Waals surface area contributed by atoms with Crippen LogP contribution in [0.4, 0.5) is 5.69 Å². The highest BCUT2D eigenvalue weighted by Gasteiger charge is 2.33. The lowest BCUT2D eigenvalue weighted by molar-refractivity contribution is -0.387. The summed E-state index contributed by atoms with van der Waals surface area (Å²) in [6, 6.07) is 23.0. The number of aliphatic hydroxyl groups excluding tert-OH is 1. The van der Waals surface area contributed by atoms with E-state index in [4.69, 9.17) is 4.74 Å². The van der Waals surface area contributed by atoms with Crippen molar-refractivity contribution in [3.63, 3.8) is 0 Å². The average Bonchev–Trinajstić information content (AvgIpc) is 2.88. The van der Waals surface area contributed by atoms with E-state index >= 15 is 0 Å². The zero-order valence-electron chi connectivity index (χ0n) is 19.1. The van der Waals surface area contributed by atoms with E-state index in [2.05, 4.69) is 0 Å². The first-order valence-corrected chi connectivity index (χ1v) is 12.7. The minimum atomic E-state index is -3.98. The third-order valence-corrected chi connectivity index (χ3v) is 7.83. The fourth-order valence-electron chi connectivity index (χ4n) is 4.04. The number of nitro benzene ring substituents is 1. The molecule has 4 rings (SSSR count). The maximum Gasteiger partial charge on any atom is 0.289 e. The fraction of sp³-hybridized carbons (Fsp3) is 0.280. The van der Waals surface area contributed by atoms with Gasteiger partial charge in [-0.15, -0.1) is 0 Å². The Balaban J connectivity index is 1.26. The second kappa shape index (κ2) is 11.0. The summed E-state index contributed by atoms with van der Waals surface area (Å²) in [5.74, 6) is 0.657. The molecule has 1 saturated heterocycles. The number of aliphatic hydroxyl groups is 1. The molecule has 0 aromatic heterocycles. The third kappa shape index (κ3) is 6.04. The number of para-hydroxylation sites is 1. The van der Waals surface area contributed by atoms with Gasteiger partial charge < -0.3 is 9.84 Å². The largest absolute Gasteiger partial charge is 0.491 e. The number of nitro groups is 1. The summed E-state index contributed by atoms with van der Waals surface area (Å²) in [6.07, 6.45) is -0.748. The SMILES string of the molecule is O=[N+]([O-])c1ccccc1S(=O)(=O)N1CCN(C[C@H](O)COc2ccc(-c3ccccc3)cc2)CC1. The van der Waals surface area contributed by atoms with E-state index in [-0.39, 0.29) is 24.6 Å². The zero-order valence-corrected chi connectivity index (χ0v) is 19.9. The topological polar surface area (TPSA) is 113 Å². The first-order chi connectivity index (χ1) is 16.8. The van der Waals surface area contributed by atoms with Gasteiger partial charge in [0.25, 0.3) is 5.69 Å². The van der Waals surface area contributed by atoms with E-state index < -0.39 is 26.7 Å². The van der Waals surface area contributed by atoms with Crippen molar-refractivity contribution in [2.24, 2.45) is 0 Å². The zero-order chi connectivity index (χ0) is 24.8. The van der Waals surface area contributed by atoms with Crippen LogP contribution < -0.4 is 4.74 Å². The molecule has 0 saturated carbocycles. The van der Waals surface area contributed by atoms with Crippen molar-refractivity contribution in [3.05, 3.63) is 89.0 Å². The molecule has 184 valence electrons. The molecule has 1 aliphatic heterocycles. The van der Waals surface area contributed by atoms with Gasteiger partial charge in [0.05, 0.1) is 4.92 Å². The predicted molar refractivity (Wildman–Crippen MR) is 132 cm³/mol. The van der Waals surface area contributed by atoms with Gasteiger partial charge in [-0.1, -0.05) is 54.6 Å². The van der Waals surface area contributed by atoms with Gasteiger partial charge >= 0.3 is 0 Å². The Morgan fingerprint density at radius 3 is 2.14 bits per heavy atom. The quantitative estimate of drug-likeness (QED) is 0.357. The molecule has 3 aromatic carbocycles. The molecule has 1 atom stereocenters. The lowest BCUT2D eigenvalue weighted by Crippen LogP contribution is -2.50. The molecule has 1 aliphatic rings. The summed E-state index contributed by atoms with van der Waals surface area (Å²) in [6.45, 7) is 1.62. The Morgan fingerprint density at radius 2 is 1.49 bits per heavy atom. The van der Waals surface area contributed by atoms with Crippen LogP contribution in [-0.2, 0) is 10.0 Å². The van der Waals surface area contributed by atoms with Crippen molar-refractivity contribution >= 4 is 15.7 Å². The Kier molecular flexibility index (Phi) is 7.76. The van der Waals surface area contributed by atoms with Crippen molar-refractivity contribution in [2.45, 2.75) is 11.0 Å². The molecule has 3 aromatic rings. The summed E-state index contributed by atoms with van der Waals surface area (Å²) in [5.41, 5.74) is 1.76. The lowest BCUT2D eigenvalue weighted by atomic mass is 10.1. The second-order valence-electron chi connectivity index (χ2n) is 8.28. The van der Waals surface area contributed by atoms with Crippen molar-refractivity contribution in [3.8, 4) is 16.9 Å². The van der Waals surface area contributed by atoms with Crippen LogP contribution in [-0.4, -0.2) is 73.1 Å². The second-order valence-corrected chi connectivity index (χ2v) is 10.2. The normalized spacial score (nSPS) is 16.0. The number of benzene rings is 3. The standard InChI is InChI=1S/C25H27N3O6S/c29-22(19-34-23-12-10-21(11-13-23)20-6-2-1-3-7-20)18-26-14-16-27(17-15-26)35(32,33)25-9-5-4-8-24(25)28(30)31/h1-13,22,29H,14-19H2/t22-/m0/s1. The predicted octanol–water partition coefficient (Wildman–Crippen LogP) is 3.01. The minimum Gasteiger partial charge on any atom is -0.491 e. The maximum atomic E-state index is 12.9. The number of ether oxygens (including phenoxy) is 1. The molecule has 9 nitrogen and oxygen atoms in total. The Bertz CT molecular complexity index is 1240. The van der Waals surface area contributed by atoms with Crippen molar-refractivity contribution in [2.75, 3.05) is 39.3 Å². The molecule has 0 bridgehead atoms. The van der Waals surface area contributed by atoms with Crippen LogP contribution in [0.25, 0.3) is 11.1 Å². The van der Waals surface area contributed by atoms with E-state index in [1.54, 1.807) is 0 Å². The summed E-state index contributed by atoms with van der Waals surface area (Å²) in [5, 5.41) is 21.7. The number of piperazine rings is 1. The van der Waals surface area contributed by atoms with Gasteiger partial charge in [0.2, 0.25) is 10.0 Å². The highest BCUT2D eigenvalue weighted by Crippen LogP contribution is 2.27.